The van der Waals surface area contributed by atoms with Gasteiger partial charge in [-0.3, -0.25) is 4.79 Å². The Bertz CT molecular complexity index is 236. The molecule has 0 aliphatic carbocycles. The number of carbonyl (C=O) groups is 1. The molecule has 0 fully saturated rings. The lowest BCUT2D eigenvalue weighted by atomic mass is 10.2. The van der Waals surface area contributed by atoms with Crippen molar-refractivity contribution >= 4 is 17.0 Å². The second-order valence-electron chi connectivity index (χ2n) is 2.11. The SMILES string of the molecule is CC.O=C(Cl)NCc1ccccc1. The number of rotatable bonds is 2. The van der Waals surface area contributed by atoms with Gasteiger partial charge in [0.25, 0.3) is 0 Å². The smallest absolute Gasteiger partial charge is 0.314 e. The highest BCUT2D eigenvalue weighted by molar-refractivity contribution is 6.62. The van der Waals surface area contributed by atoms with Gasteiger partial charge in [-0.2, -0.15) is 0 Å². The fraction of sp³-hybridized carbons (Fsp3) is 0.300. The Morgan fingerprint density at radius 3 is 2.31 bits per heavy atom. The van der Waals surface area contributed by atoms with E-state index in [0.29, 0.717) is 6.54 Å². The Kier molecular flexibility index (Phi) is 7.02. The number of hydrogen-bond acceptors (Lipinski definition) is 1. The third kappa shape index (κ3) is 6.17. The fourth-order valence-electron chi connectivity index (χ4n) is 0.767. The molecular weight excluding hydrogens is 186 g/mol. The minimum atomic E-state index is -0.520. The molecule has 1 N–H and O–H groups in total. The van der Waals surface area contributed by atoms with Gasteiger partial charge in [-0.15, -0.1) is 0 Å². The summed E-state index contributed by atoms with van der Waals surface area (Å²) in [5.74, 6) is 0. The van der Waals surface area contributed by atoms with E-state index in [0.717, 1.165) is 5.56 Å². The van der Waals surface area contributed by atoms with E-state index in [9.17, 15) is 4.79 Å². The summed E-state index contributed by atoms with van der Waals surface area (Å²) in [7, 11) is 0. The second-order valence-corrected chi connectivity index (χ2v) is 2.46. The second kappa shape index (κ2) is 7.62. The molecule has 72 valence electrons. The summed E-state index contributed by atoms with van der Waals surface area (Å²) in [4.78, 5) is 10.3. The maximum atomic E-state index is 10.3. The van der Waals surface area contributed by atoms with E-state index in [4.69, 9.17) is 11.6 Å². The number of amides is 1. The molecular formula is C10H14ClNO. The molecule has 0 unspecified atom stereocenters. The Balaban J connectivity index is 0.000000671. The van der Waals surface area contributed by atoms with Crippen molar-refractivity contribution in [2.45, 2.75) is 20.4 Å². The highest BCUT2D eigenvalue weighted by Crippen LogP contribution is 1.97. The summed E-state index contributed by atoms with van der Waals surface area (Å²) in [5, 5.41) is 1.97. The van der Waals surface area contributed by atoms with Crippen molar-refractivity contribution in [3.8, 4) is 0 Å². The fourth-order valence-corrected chi connectivity index (χ4v) is 0.834. The van der Waals surface area contributed by atoms with Gasteiger partial charge in [-0.1, -0.05) is 44.2 Å². The first-order chi connectivity index (χ1) is 6.29. The summed E-state index contributed by atoms with van der Waals surface area (Å²) in [5.41, 5.74) is 1.04. The predicted octanol–water partition coefficient (Wildman–Crippen LogP) is 3.16. The number of benzene rings is 1. The van der Waals surface area contributed by atoms with Crippen LogP contribution in [-0.2, 0) is 6.54 Å². The van der Waals surface area contributed by atoms with Crippen molar-refractivity contribution in [3.63, 3.8) is 0 Å². The van der Waals surface area contributed by atoms with E-state index >= 15 is 0 Å². The molecule has 0 radical (unpaired) electrons. The minimum absolute atomic E-state index is 0.489. The zero-order valence-corrected chi connectivity index (χ0v) is 8.64. The van der Waals surface area contributed by atoms with Gasteiger partial charge in [0.05, 0.1) is 0 Å². The third-order valence-electron chi connectivity index (χ3n) is 1.27. The highest BCUT2D eigenvalue weighted by atomic mass is 35.5. The summed E-state index contributed by atoms with van der Waals surface area (Å²) in [6.45, 7) is 4.49. The van der Waals surface area contributed by atoms with Crippen LogP contribution in [0.1, 0.15) is 19.4 Å². The van der Waals surface area contributed by atoms with E-state index in [-0.39, 0.29) is 0 Å². The van der Waals surface area contributed by atoms with Crippen molar-refractivity contribution in [1.29, 1.82) is 0 Å². The molecule has 0 aromatic heterocycles. The van der Waals surface area contributed by atoms with Crippen LogP contribution in [-0.4, -0.2) is 5.37 Å². The molecule has 0 heterocycles. The quantitative estimate of drug-likeness (QED) is 0.576. The van der Waals surface area contributed by atoms with Gasteiger partial charge in [0.1, 0.15) is 0 Å². The van der Waals surface area contributed by atoms with Crippen molar-refractivity contribution < 1.29 is 4.79 Å². The zero-order valence-electron chi connectivity index (χ0n) is 7.88. The van der Waals surface area contributed by atoms with E-state index in [2.05, 4.69) is 5.32 Å². The Morgan fingerprint density at radius 2 is 1.85 bits per heavy atom. The molecule has 2 nitrogen and oxygen atoms in total. The van der Waals surface area contributed by atoms with Crippen LogP contribution in [0.15, 0.2) is 30.3 Å². The van der Waals surface area contributed by atoms with Crippen molar-refractivity contribution in [3.05, 3.63) is 35.9 Å². The standard InChI is InChI=1S/C8H8ClNO.C2H6/c9-8(11)10-6-7-4-2-1-3-5-7;1-2/h1-5H,6H2,(H,10,11);1-2H3. The Morgan fingerprint density at radius 1 is 1.31 bits per heavy atom. The van der Waals surface area contributed by atoms with Gasteiger partial charge in [0.2, 0.25) is 0 Å². The maximum Gasteiger partial charge on any atom is 0.314 e. The summed E-state index contributed by atoms with van der Waals surface area (Å²) >= 11 is 5.08. The first-order valence-electron chi connectivity index (χ1n) is 4.26. The predicted molar refractivity (Wildman–Crippen MR) is 55.9 cm³/mol. The Labute approximate surface area is 83.9 Å². The lowest BCUT2D eigenvalue weighted by Crippen LogP contribution is -2.15. The lowest BCUT2D eigenvalue weighted by Gasteiger charge is -1.98. The zero-order chi connectivity index (χ0) is 10.1. The van der Waals surface area contributed by atoms with E-state index in [1.807, 2.05) is 44.2 Å². The van der Waals surface area contributed by atoms with E-state index in [1.54, 1.807) is 0 Å². The molecule has 0 atom stereocenters. The Hall–Kier alpha value is -1.02. The monoisotopic (exact) mass is 199 g/mol. The molecule has 0 saturated carbocycles. The number of hydrogen-bond donors (Lipinski definition) is 1. The number of carbonyl (C=O) groups excluding carboxylic acids is 1. The normalized spacial score (nSPS) is 8.23. The maximum absolute atomic E-state index is 10.3. The average molecular weight is 200 g/mol. The molecule has 13 heavy (non-hydrogen) atoms. The van der Waals surface area contributed by atoms with Crippen molar-refractivity contribution in [1.82, 2.24) is 5.32 Å². The number of nitrogens with one attached hydrogen (secondary N) is 1. The molecule has 0 aliphatic heterocycles. The summed E-state index contributed by atoms with van der Waals surface area (Å²) in [6, 6.07) is 9.59. The van der Waals surface area contributed by atoms with Gasteiger partial charge in [0, 0.05) is 6.54 Å². The molecule has 0 aliphatic rings. The third-order valence-corrected chi connectivity index (χ3v) is 1.41. The van der Waals surface area contributed by atoms with Gasteiger partial charge in [0.15, 0.2) is 0 Å². The highest BCUT2D eigenvalue weighted by Gasteiger charge is 1.93. The molecule has 0 spiro atoms. The minimum Gasteiger partial charge on any atom is -0.339 e. The number of halogens is 1. The van der Waals surface area contributed by atoms with Crippen molar-refractivity contribution in [2.75, 3.05) is 0 Å². The van der Waals surface area contributed by atoms with Crippen LogP contribution in [0.4, 0.5) is 4.79 Å². The van der Waals surface area contributed by atoms with Gasteiger partial charge in [-0.05, 0) is 17.2 Å². The summed E-state index contributed by atoms with van der Waals surface area (Å²) in [6.07, 6.45) is 0. The molecule has 1 aromatic rings. The molecule has 1 rings (SSSR count). The van der Waals surface area contributed by atoms with Crippen LogP contribution in [0.3, 0.4) is 0 Å². The molecule has 0 bridgehead atoms. The summed E-state index contributed by atoms with van der Waals surface area (Å²) < 4.78 is 0. The molecule has 1 aromatic carbocycles. The molecule has 1 amide bonds. The van der Waals surface area contributed by atoms with Gasteiger partial charge >= 0.3 is 5.37 Å². The lowest BCUT2D eigenvalue weighted by molar-refractivity contribution is 0.259. The van der Waals surface area contributed by atoms with Crippen LogP contribution in [0.2, 0.25) is 0 Å². The average Bonchev–Trinajstić information content (AvgIpc) is 2.19. The first kappa shape index (κ1) is 12.0. The van der Waals surface area contributed by atoms with Crippen molar-refractivity contribution in [2.24, 2.45) is 0 Å². The van der Waals surface area contributed by atoms with Crippen LogP contribution < -0.4 is 5.32 Å². The van der Waals surface area contributed by atoms with E-state index < -0.39 is 5.37 Å². The van der Waals surface area contributed by atoms with Crippen LogP contribution >= 0.6 is 11.6 Å². The first-order valence-corrected chi connectivity index (χ1v) is 4.64. The van der Waals surface area contributed by atoms with Crippen LogP contribution in [0.5, 0.6) is 0 Å². The molecule has 0 saturated heterocycles. The van der Waals surface area contributed by atoms with Gasteiger partial charge < -0.3 is 5.32 Å². The molecule has 3 heteroatoms. The van der Waals surface area contributed by atoms with Crippen LogP contribution in [0.25, 0.3) is 0 Å². The van der Waals surface area contributed by atoms with E-state index in [1.165, 1.54) is 0 Å². The topological polar surface area (TPSA) is 29.1 Å². The van der Waals surface area contributed by atoms with Crippen LogP contribution in [0, 0.1) is 0 Å². The largest absolute Gasteiger partial charge is 0.339 e. The van der Waals surface area contributed by atoms with Gasteiger partial charge in [-0.25, -0.2) is 0 Å².